The third-order valence-electron chi connectivity index (χ3n) is 2.84. The molecule has 0 aliphatic heterocycles. The van der Waals surface area contributed by atoms with Crippen molar-refractivity contribution < 1.29 is 19.8 Å². The third kappa shape index (κ3) is 6.97. The average Bonchev–Trinajstić information content (AvgIpc) is 2.32. The fourth-order valence-electron chi connectivity index (χ4n) is 1.71. The van der Waals surface area contributed by atoms with Crippen LogP contribution in [0.2, 0.25) is 0 Å². The van der Waals surface area contributed by atoms with Crippen molar-refractivity contribution >= 4 is 12.0 Å². The maximum atomic E-state index is 11.6. The number of aliphatic hydroxyl groups excluding tert-OH is 1. The summed E-state index contributed by atoms with van der Waals surface area (Å²) in [5, 5.41) is 23.0. The van der Waals surface area contributed by atoms with Gasteiger partial charge in [0.1, 0.15) is 0 Å². The number of carboxylic acid groups (broad SMARTS) is 1. The zero-order chi connectivity index (χ0) is 15.0. The second-order valence-electron chi connectivity index (χ2n) is 4.56. The number of hydrogen-bond acceptors (Lipinski definition) is 4. The van der Waals surface area contributed by atoms with Crippen LogP contribution in [0.15, 0.2) is 0 Å². The summed E-state index contributed by atoms with van der Waals surface area (Å²) in [5.74, 6) is -1.26. The van der Waals surface area contributed by atoms with E-state index in [1.807, 2.05) is 20.8 Å². The predicted molar refractivity (Wildman–Crippen MR) is 72.0 cm³/mol. The average molecular weight is 275 g/mol. The molecule has 112 valence electrons. The van der Waals surface area contributed by atoms with Crippen molar-refractivity contribution in [1.29, 1.82) is 0 Å². The Bertz CT molecular complexity index is 293. The minimum Gasteiger partial charge on any atom is -0.480 e. The summed E-state index contributed by atoms with van der Waals surface area (Å²) in [7, 11) is 0. The normalized spacial score (nSPS) is 15.7. The first-order valence-electron chi connectivity index (χ1n) is 6.52. The number of carbonyl (C=O) groups is 2. The molecule has 0 spiro atoms. The number of nitrogens with one attached hydrogen (secondary N) is 2. The largest absolute Gasteiger partial charge is 0.480 e. The van der Waals surface area contributed by atoms with E-state index < -0.39 is 24.1 Å². The molecule has 19 heavy (non-hydrogen) atoms. The topological polar surface area (TPSA) is 102 Å². The summed E-state index contributed by atoms with van der Waals surface area (Å²) in [6, 6.07) is -2.00. The van der Waals surface area contributed by atoms with E-state index in [4.69, 9.17) is 5.11 Å². The summed E-state index contributed by atoms with van der Waals surface area (Å²) in [6.07, 6.45) is -1.15. The van der Waals surface area contributed by atoms with Crippen molar-refractivity contribution in [3.05, 3.63) is 0 Å². The molecule has 4 N–H and O–H groups in total. The fourth-order valence-corrected chi connectivity index (χ4v) is 1.71. The van der Waals surface area contributed by atoms with Crippen molar-refractivity contribution in [3.63, 3.8) is 0 Å². The van der Waals surface area contributed by atoms with E-state index in [9.17, 15) is 14.7 Å². The molecular formula is C12H25N3O4. The number of aliphatic hydroxyl groups is 1. The first-order valence-corrected chi connectivity index (χ1v) is 6.52. The molecule has 0 bridgehead atoms. The minimum atomic E-state index is -1.30. The Labute approximate surface area is 114 Å². The molecule has 0 saturated heterocycles. The summed E-state index contributed by atoms with van der Waals surface area (Å²) in [5.41, 5.74) is 0. The third-order valence-corrected chi connectivity index (χ3v) is 2.84. The summed E-state index contributed by atoms with van der Waals surface area (Å²) >= 11 is 0. The van der Waals surface area contributed by atoms with E-state index in [1.54, 1.807) is 0 Å². The first kappa shape index (κ1) is 17.7. The van der Waals surface area contributed by atoms with Gasteiger partial charge in [-0.05, 0) is 26.9 Å². The Morgan fingerprint density at radius 3 is 2.05 bits per heavy atom. The van der Waals surface area contributed by atoms with E-state index >= 15 is 0 Å². The van der Waals surface area contributed by atoms with Gasteiger partial charge in [0.2, 0.25) is 0 Å². The molecule has 3 atom stereocenters. The first-order chi connectivity index (χ1) is 8.81. The Hall–Kier alpha value is -1.34. The Balaban J connectivity index is 4.25. The lowest BCUT2D eigenvalue weighted by Gasteiger charge is -2.24. The van der Waals surface area contributed by atoms with Crippen LogP contribution in [-0.4, -0.2) is 64.9 Å². The molecular weight excluding hydrogens is 250 g/mol. The van der Waals surface area contributed by atoms with Gasteiger partial charge in [0.15, 0.2) is 6.04 Å². The zero-order valence-corrected chi connectivity index (χ0v) is 12.0. The van der Waals surface area contributed by atoms with Gasteiger partial charge in [-0.15, -0.1) is 0 Å². The van der Waals surface area contributed by atoms with E-state index in [2.05, 4.69) is 15.5 Å². The maximum absolute atomic E-state index is 11.6. The van der Waals surface area contributed by atoms with Crippen molar-refractivity contribution in [1.82, 2.24) is 15.5 Å². The highest BCUT2D eigenvalue weighted by Crippen LogP contribution is 1.95. The van der Waals surface area contributed by atoms with Crippen LogP contribution in [0.5, 0.6) is 0 Å². The number of nitrogens with zero attached hydrogens (tertiary/aromatic N) is 1. The minimum absolute atomic E-state index is 0.108. The monoisotopic (exact) mass is 275 g/mol. The lowest BCUT2D eigenvalue weighted by molar-refractivity contribution is -0.141. The molecule has 0 fully saturated rings. The highest BCUT2D eigenvalue weighted by molar-refractivity contribution is 5.83. The molecule has 0 aromatic rings. The van der Waals surface area contributed by atoms with E-state index in [0.29, 0.717) is 6.54 Å². The number of hydrogen-bond donors (Lipinski definition) is 4. The van der Waals surface area contributed by atoms with Crippen LogP contribution in [0.1, 0.15) is 27.7 Å². The molecule has 0 aliphatic rings. The van der Waals surface area contributed by atoms with Gasteiger partial charge in [-0.25, -0.2) is 9.59 Å². The summed E-state index contributed by atoms with van der Waals surface area (Å²) < 4.78 is 0. The fraction of sp³-hybridized carbons (Fsp3) is 0.833. The summed E-state index contributed by atoms with van der Waals surface area (Å²) in [6.45, 7) is 9.68. The van der Waals surface area contributed by atoms with Crippen LogP contribution < -0.4 is 10.6 Å². The van der Waals surface area contributed by atoms with Crippen molar-refractivity contribution in [2.24, 2.45) is 0 Å². The number of likely N-dealkylation sites (N-methyl/N-ethyl adjacent to an activating group) is 1. The molecule has 0 radical (unpaired) electrons. The van der Waals surface area contributed by atoms with Gasteiger partial charge in [-0.1, -0.05) is 13.8 Å². The smallest absolute Gasteiger partial charge is 0.328 e. The van der Waals surface area contributed by atoms with Gasteiger partial charge >= 0.3 is 12.0 Å². The van der Waals surface area contributed by atoms with Gasteiger partial charge in [-0.2, -0.15) is 0 Å². The molecule has 2 amide bonds. The van der Waals surface area contributed by atoms with Gasteiger partial charge < -0.3 is 25.7 Å². The second kappa shape index (κ2) is 8.71. The van der Waals surface area contributed by atoms with Crippen LogP contribution in [0.25, 0.3) is 0 Å². The molecule has 7 heteroatoms. The second-order valence-corrected chi connectivity index (χ2v) is 4.56. The van der Waals surface area contributed by atoms with Crippen LogP contribution in [0.3, 0.4) is 0 Å². The number of carbonyl (C=O) groups excluding carboxylic acids is 1. The predicted octanol–water partition coefficient (Wildman–Crippen LogP) is -0.150. The Morgan fingerprint density at radius 2 is 1.68 bits per heavy atom. The van der Waals surface area contributed by atoms with Gasteiger partial charge in [0.25, 0.3) is 0 Å². The molecule has 3 unspecified atom stereocenters. The number of aliphatic carboxylic acids is 1. The van der Waals surface area contributed by atoms with Crippen LogP contribution in [-0.2, 0) is 4.79 Å². The van der Waals surface area contributed by atoms with Crippen LogP contribution in [0, 0.1) is 0 Å². The van der Waals surface area contributed by atoms with E-state index in [-0.39, 0.29) is 6.04 Å². The number of carboxylic acids is 1. The van der Waals surface area contributed by atoms with Crippen LogP contribution >= 0.6 is 0 Å². The van der Waals surface area contributed by atoms with Crippen molar-refractivity contribution in [2.75, 3.05) is 19.6 Å². The number of rotatable bonds is 8. The quantitative estimate of drug-likeness (QED) is 0.493. The Morgan fingerprint density at radius 1 is 1.16 bits per heavy atom. The lowest BCUT2D eigenvalue weighted by Crippen LogP contribution is -2.54. The van der Waals surface area contributed by atoms with Gasteiger partial charge in [-0.3, -0.25) is 0 Å². The Kier molecular flexibility index (Phi) is 8.09. The highest BCUT2D eigenvalue weighted by Gasteiger charge is 2.25. The van der Waals surface area contributed by atoms with Crippen LogP contribution in [0.4, 0.5) is 4.79 Å². The molecule has 0 aromatic heterocycles. The highest BCUT2D eigenvalue weighted by atomic mass is 16.4. The molecule has 0 heterocycles. The summed E-state index contributed by atoms with van der Waals surface area (Å²) in [4.78, 5) is 24.6. The standard InChI is InChI=1S/C12H25N3O4/c1-5-15(6-2)7-8(3)13-12(19)14-10(9(4)16)11(17)18/h8-10,16H,5-7H2,1-4H3,(H,17,18)(H2,13,14,19). The molecule has 0 aliphatic carbocycles. The SMILES string of the molecule is CCN(CC)CC(C)NC(=O)NC(C(=O)O)C(C)O. The molecule has 0 rings (SSSR count). The number of amides is 2. The van der Waals surface area contributed by atoms with Crippen molar-refractivity contribution in [3.8, 4) is 0 Å². The van der Waals surface area contributed by atoms with E-state index in [1.165, 1.54) is 6.92 Å². The maximum Gasteiger partial charge on any atom is 0.328 e. The van der Waals surface area contributed by atoms with E-state index in [0.717, 1.165) is 13.1 Å². The van der Waals surface area contributed by atoms with Gasteiger partial charge in [0.05, 0.1) is 6.10 Å². The molecule has 0 saturated carbocycles. The molecule has 7 nitrogen and oxygen atoms in total. The zero-order valence-electron chi connectivity index (χ0n) is 12.0. The lowest BCUT2D eigenvalue weighted by atomic mass is 10.2. The van der Waals surface area contributed by atoms with Gasteiger partial charge in [0, 0.05) is 12.6 Å². The van der Waals surface area contributed by atoms with Crippen molar-refractivity contribution in [2.45, 2.75) is 45.9 Å². The molecule has 0 aromatic carbocycles. The number of urea groups is 1.